The first-order chi connectivity index (χ1) is 10.3. The smallest absolute Gasteiger partial charge is 0.119 e. The second-order valence-electron chi connectivity index (χ2n) is 4.56. The van der Waals surface area contributed by atoms with E-state index in [9.17, 15) is 0 Å². The molecule has 21 heavy (non-hydrogen) atoms. The van der Waals surface area contributed by atoms with Crippen molar-refractivity contribution in [2.45, 2.75) is 12.6 Å². The number of para-hydroxylation sites is 1. The first kappa shape index (κ1) is 15.8. The number of nitrogens with one attached hydrogen (secondary N) is 1. The molecule has 5 nitrogen and oxygen atoms in total. The van der Waals surface area contributed by atoms with Gasteiger partial charge in [0.15, 0.2) is 0 Å². The summed E-state index contributed by atoms with van der Waals surface area (Å²) in [5, 5.41) is 8.13. The molecule has 1 aromatic carbocycles. The number of hydrogen-bond donors (Lipinski definition) is 1. The van der Waals surface area contributed by atoms with Crippen molar-refractivity contribution in [2.24, 2.45) is 0 Å². The Morgan fingerprint density at radius 3 is 2.76 bits per heavy atom. The molecule has 2 rings (SSSR count). The highest BCUT2D eigenvalue weighted by molar-refractivity contribution is 6.31. The molecular weight excluding hydrogens is 290 g/mol. The van der Waals surface area contributed by atoms with Crippen molar-refractivity contribution in [1.82, 2.24) is 15.1 Å². The number of aromatic nitrogens is 2. The maximum absolute atomic E-state index is 6.26. The molecule has 0 saturated carbocycles. The van der Waals surface area contributed by atoms with Gasteiger partial charge in [0, 0.05) is 7.11 Å². The Balaban J connectivity index is 2.08. The lowest BCUT2D eigenvalue weighted by Crippen LogP contribution is -2.27. The normalized spacial score (nSPS) is 12.3. The van der Waals surface area contributed by atoms with Crippen LogP contribution < -0.4 is 10.1 Å². The molecular formula is C15H20ClN3O2. The molecule has 0 spiro atoms. The number of hydrogen-bond acceptors (Lipinski definition) is 4. The fraction of sp³-hybridized carbons (Fsp3) is 0.400. The fourth-order valence-corrected chi connectivity index (χ4v) is 2.34. The molecule has 0 radical (unpaired) electrons. The zero-order chi connectivity index (χ0) is 15.1. The summed E-state index contributed by atoms with van der Waals surface area (Å²) in [7, 11) is 3.54. The molecule has 0 saturated heterocycles. The van der Waals surface area contributed by atoms with Gasteiger partial charge >= 0.3 is 0 Å². The van der Waals surface area contributed by atoms with Gasteiger partial charge in [-0.3, -0.25) is 4.68 Å². The van der Waals surface area contributed by atoms with Crippen LogP contribution in [0.3, 0.4) is 0 Å². The Bertz CT molecular complexity index is 545. The van der Waals surface area contributed by atoms with E-state index in [4.69, 9.17) is 21.1 Å². The van der Waals surface area contributed by atoms with E-state index < -0.39 is 0 Å². The van der Waals surface area contributed by atoms with E-state index in [1.54, 1.807) is 13.3 Å². The SMILES string of the molecule is CNC(COc1ccccc1)c1c(Cl)cnn1CCOC. The number of rotatable bonds is 8. The summed E-state index contributed by atoms with van der Waals surface area (Å²) in [5.41, 5.74) is 0.909. The van der Waals surface area contributed by atoms with Gasteiger partial charge in [0.1, 0.15) is 12.4 Å². The van der Waals surface area contributed by atoms with Crippen LogP contribution in [-0.4, -0.2) is 37.2 Å². The molecule has 1 unspecified atom stereocenters. The van der Waals surface area contributed by atoms with Crippen LogP contribution in [0.4, 0.5) is 0 Å². The molecule has 6 heteroatoms. The van der Waals surface area contributed by atoms with Crippen LogP contribution in [0.2, 0.25) is 5.02 Å². The first-order valence-corrected chi connectivity index (χ1v) is 7.19. The van der Waals surface area contributed by atoms with Crippen LogP contribution in [0.25, 0.3) is 0 Å². The Labute approximate surface area is 129 Å². The van der Waals surface area contributed by atoms with Gasteiger partial charge in [-0.25, -0.2) is 0 Å². The van der Waals surface area contributed by atoms with Gasteiger partial charge < -0.3 is 14.8 Å². The summed E-state index contributed by atoms with van der Waals surface area (Å²) in [5.74, 6) is 0.830. The quantitative estimate of drug-likeness (QED) is 0.814. The summed E-state index contributed by atoms with van der Waals surface area (Å²) in [6.45, 7) is 1.71. The maximum atomic E-state index is 6.26. The fourth-order valence-electron chi connectivity index (χ4n) is 2.07. The summed E-state index contributed by atoms with van der Waals surface area (Å²) in [6.07, 6.45) is 1.65. The van der Waals surface area contributed by atoms with Crippen molar-refractivity contribution in [1.29, 1.82) is 0 Å². The highest BCUT2D eigenvalue weighted by Crippen LogP contribution is 2.23. The number of methoxy groups -OCH3 is 1. The third kappa shape index (κ3) is 4.20. The van der Waals surface area contributed by atoms with E-state index in [0.717, 1.165) is 11.4 Å². The highest BCUT2D eigenvalue weighted by Gasteiger charge is 2.19. The maximum Gasteiger partial charge on any atom is 0.119 e. The average Bonchev–Trinajstić information content (AvgIpc) is 2.88. The van der Waals surface area contributed by atoms with E-state index in [-0.39, 0.29) is 6.04 Å². The van der Waals surface area contributed by atoms with E-state index >= 15 is 0 Å². The third-order valence-corrected chi connectivity index (χ3v) is 3.47. The summed E-state index contributed by atoms with van der Waals surface area (Å²) in [6, 6.07) is 9.66. The topological polar surface area (TPSA) is 48.3 Å². The van der Waals surface area contributed by atoms with Gasteiger partial charge in [0.2, 0.25) is 0 Å². The summed E-state index contributed by atoms with van der Waals surface area (Å²) < 4.78 is 12.7. The number of ether oxygens (including phenoxy) is 2. The average molecular weight is 310 g/mol. The van der Waals surface area contributed by atoms with Gasteiger partial charge in [-0.05, 0) is 19.2 Å². The minimum absolute atomic E-state index is 0.0444. The Hall–Kier alpha value is -1.56. The number of benzene rings is 1. The van der Waals surface area contributed by atoms with Crippen molar-refractivity contribution in [2.75, 3.05) is 27.4 Å². The van der Waals surface area contributed by atoms with Crippen LogP contribution in [0, 0.1) is 0 Å². The van der Waals surface area contributed by atoms with Gasteiger partial charge in [-0.2, -0.15) is 5.10 Å². The highest BCUT2D eigenvalue weighted by atomic mass is 35.5. The number of halogens is 1. The largest absolute Gasteiger partial charge is 0.492 e. The molecule has 0 aliphatic heterocycles. The Kier molecular flexibility index (Phi) is 6.04. The lowest BCUT2D eigenvalue weighted by molar-refractivity contribution is 0.180. The van der Waals surface area contributed by atoms with Crippen molar-refractivity contribution >= 4 is 11.6 Å². The molecule has 0 amide bonds. The van der Waals surface area contributed by atoms with Crippen LogP contribution in [0.5, 0.6) is 5.75 Å². The zero-order valence-corrected chi connectivity index (χ0v) is 13.0. The summed E-state index contributed by atoms with van der Waals surface area (Å²) >= 11 is 6.26. The molecule has 1 heterocycles. The predicted molar refractivity (Wildman–Crippen MR) is 82.9 cm³/mol. The first-order valence-electron chi connectivity index (χ1n) is 6.81. The lowest BCUT2D eigenvalue weighted by Gasteiger charge is -2.19. The molecule has 0 aliphatic rings. The molecule has 1 N–H and O–H groups in total. The second kappa shape index (κ2) is 8.02. The molecule has 1 aromatic heterocycles. The van der Waals surface area contributed by atoms with E-state index in [1.165, 1.54) is 0 Å². The van der Waals surface area contributed by atoms with Crippen LogP contribution >= 0.6 is 11.6 Å². The summed E-state index contributed by atoms with van der Waals surface area (Å²) in [4.78, 5) is 0. The lowest BCUT2D eigenvalue weighted by atomic mass is 10.2. The predicted octanol–water partition coefficient (Wildman–Crippen LogP) is 2.52. The molecule has 0 fully saturated rings. The number of likely N-dealkylation sites (N-methyl/N-ethyl adjacent to an activating group) is 1. The van der Waals surface area contributed by atoms with Crippen LogP contribution in [-0.2, 0) is 11.3 Å². The monoisotopic (exact) mass is 309 g/mol. The number of nitrogens with zero attached hydrogens (tertiary/aromatic N) is 2. The van der Waals surface area contributed by atoms with E-state index in [2.05, 4.69) is 10.4 Å². The molecule has 2 aromatic rings. The van der Waals surface area contributed by atoms with Crippen LogP contribution in [0.15, 0.2) is 36.5 Å². The standard InChI is InChI=1S/C15H20ClN3O2/c1-17-14(11-21-12-6-4-3-5-7-12)15-13(16)10-18-19(15)8-9-20-2/h3-7,10,14,17H,8-9,11H2,1-2H3. The minimum Gasteiger partial charge on any atom is -0.492 e. The van der Waals surface area contributed by atoms with Crippen LogP contribution in [0.1, 0.15) is 11.7 Å². The molecule has 0 aliphatic carbocycles. The Morgan fingerprint density at radius 1 is 1.33 bits per heavy atom. The van der Waals surface area contributed by atoms with Crippen molar-refractivity contribution in [3.8, 4) is 5.75 Å². The van der Waals surface area contributed by atoms with E-state index in [1.807, 2.05) is 42.1 Å². The zero-order valence-electron chi connectivity index (χ0n) is 12.3. The van der Waals surface area contributed by atoms with Gasteiger partial charge in [0.25, 0.3) is 0 Å². The molecule has 0 bridgehead atoms. The second-order valence-corrected chi connectivity index (χ2v) is 4.97. The Morgan fingerprint density at radius 2 is 2.10 bits per heavy atom. The van der Waals surface area contributed by atoms with Gasteiger partial charge in [-0.15, -0.1) is 0 Å². The molecule has 114 valence electrons. The third-order valence-electron chi connectivity index (χ3n) is 3.18. The van der Waals surface area contributed by atoms with Crippen molar-refractivity contribution in [3.63, 3.8) is 0 Å². The molecule has 1 atom stereocenters. The minimum atomic E-state index is -0.0444. The van der Waals surface area contributed by atoms with Gasteiger partial charge in [0.05, 0.1) is 36.1 Å². The van der Waals surface area contributed by atoms with Crippen molar-refractivity contribution < 1.29 is 9.47 Å². The van der Waals surface area contributed by atoms with Gasteiger partial charge in [-0.1, -0.05) is 29.8 Å². The van der Waals surface area contributed by atoms with E-state index in [0.29, 0.717) is 24.8 Å². The van der Waals surface area contributed by atoms with Crippen molar-refractivity contribution in [3.05, 3.63) is 47.2 Å².